The lowest BCUT2D eigenvalue weighted by Crippen LogP contribution is -2.23. The van der Waals surface area contributed by atoms with Gasteiger partial charge in [-0.3, -0.25) is 9.79 Å². The molecule has 0 radical (unpaired) electrons. The van der Waals surface area contributed by atoms with E-state index in [0.717, 1.165) is 6.54 Å². The van der Waals surface area contributed by atoms with Crippen LogP contribution >= 0.6 is 0 Å². The lowest BCUT2D eigenvalue weighted by atomic mass is 10.0. The summed E-state index contributed by atoms with van der Waals surface area (Å²) >= 11 is 0. The Morgan fingerprint density at radius 3 is 2.62 bits per heavy atom. The Bertz CT molecular complexity index is 1010. The van der Waals surface area contributed by atoms with Gasteiger partial charge in [-0.1, -0.05) is 6.07 Å². The first-order valence-corrected chi connectivity index (χ1v) is 9.05. The van der Waals surface area contributed by atoms with Crippen molar-refractivity contribution in [3.05, 3.63) is 53.1 Å². The maximum atomic E-state index is 13.0. The zero-order valence-corrected chi connectivity index (χ0v) is 13.8. The normalized spacial score (nSPS) is 17.5. The number of anilines is 1. The van der Waals surface area contributed by atoms with Crippen LogP contribution < -0.4 is 10.6 Å². The topological polar surface area (TPSA) is 87.6 Å². The Labute approximate surface area is 139 Å². The van der Waals surface area contributed by atoms with Crippen molar-refractivity contribution in [1.29, 1.82) is 0 Å². The van der Waals surface area contributed by atoms with Crippen molar-refractivity contribution in [3.63, 3.8) is 0 Å². The molecule has 2 aliphatic rings. The fraction of sp³-hybridized carbons (Fsp3) is 0.176. The molecule has 2 aromatic carbocycles. The van der Waals surface area contributed by atoms with E-state index >= 15 is 0 Å². The molecule has 0 unspecified atom stereocenters. The summed E-state index contributed by atoms with van der Waals surface area (Å²) in [5.74, 6) is 0.386. The molecule has 0 fully saturated rings. The van der Waals surface area contributed by atoms with Gasteiger partial charge in [0, 0.05) is 36.0 Å². The van der Waals surface area contributed by atoms with Crippen LogP contribution in [0.15, 0.2) is 51.2 Å². The van der Waals surface area contributed by atoms with E-state index in [1.807, 2.05) is 0 Å². The number of amidine groups is 1. The number of carbonyl (C=O) groups excluding carboxylic acids is 1. The van der Waals surface area contributed by atoms with Crippen LogP contribution in [0, 0.1) is 0 Å². The van der Waals surface area contributed by atoms with E-state index in [-0.39, 0.29) is 26.7 Å². The first-order chi connectivity index (χ1) is 11.5. The Morgan fingerprint density at radius 2 is 1.92 bits per heavy atom. The van der Waals surface area contributed by atoms with Gasteiger partial charge in [-0.05, 0) is 30.3 Å². The van der Waals surface area contributed by atoms with Gasteiger partial charge in [-0.15, -0.1) is 0 Å². The Balaban J connectivity index is 1.93. The maximum Gasteiger partial charge on any atom is 0.208 e. The zero-order chi connectivity index (χ0) is 16.9. The second kappa shape index (κ2) is 5.17. The summed E-state index contributed by atoms with van der Waals surface area (Å²) in [5, 5.41) is 6.04. The number of ketones is 1. The third-order valence-corrected chi connectivity index (χ3v) is 6.12. The molecule has 2 N–H and O–H groups in total. The van der Waals surface area contributed by atoms with Gasteiger partial charge in [0.15, 0.2) is 5.78 Å². The van der Waals surface area contributed by atoms with Gasteiger partial charge in [0.05, 0.1) is 16.3 Å². The number of carbonyl (C=O) groups is 1. The van der Waals surface area contributed by atoms with Crippen LogP contribution in [0.5, 0.6) is 0 Å². The van der Waals surface area contributed by atoms with Gasteiger partial charge >= 0.3 is 0 Å². The van der Waals surface area contributed by atoms with Gasteiger partial charge in [0.1, 0.15) is 5.84 Å². The van der Waals surface area contributed by atoms with Crippen LogP contribution in [0.1, 0.15) is 21.5 Å². The van der Waals surface area contributed by atoms with E-state index in [1.165, 1.54) is 12.1 Å². The molecule has 0 amide bonds. The minimum absolute atomic E-state index is 0.0473. The lowest BCUT2D eigenvalue weighted by Gasteiger charge is -2.20. The number of hydrogen-bond acceptors (Lipinski definition) is 6. The molecule has 0 aromatic heterocycles. The maximum absolute atomic E-state index is 13.0. The summed E-state index contributed by atoms with van der Waals surface area (Å²) in [4.78, 5) is 17.2. The molecule has 7 heteroatoms. The van der Waals surface area contributed by atoms with Gasteiger partial charge in [-0.2, -0.15) is 0 Å². The molecule has 2 heterocycles. The first kappa shape index (κ1) is 14.9. The van der Waals surface area contributed by atoms with E-state index in [0.29, 0.717) is 23.6 Å². The van der Waals surface area contributed by atoms with Gasteiger partial charge in [-0.25, -0.2) is 8.42 Å². The number of fused-ring (bicyclic) bond motifs is 2. The Hall–Kier alpha value is -2.67. The highest BCUT2D eigenvalue weighted by Gasteiger charge is 2.35. The monoisotopic (exact) mass is 341 g/mol. The van der Waals surface area contributed by atoms with E-state index in [9.17, 15) is 13.2 Å². The molecular weight excluding hydrogens is 326 g/mol. The molecule has 4 rings (SSSR count). The van der Waals surface area contributed by atoms with Crippen LogP contribution in [0.3, 0.4) is 0 Å². The molecule has 2 aromatic rings. The van der Waals surface area contributed by atoms with Crippen LogP contribution in [0.25, 0.3) is 0 Å². The predicted molar refractivity (Wildman–Crippen MR) is 90.7 cm³/mol. The molecule has 0 bridgehead atoms. The lowest BCUT2D eigenvalue weighted by molar-refractivity contribution is 0.103. The molecule has 0 atom stereocenters. The molecule has 122 valence electrons. The summed E-state index contributed by atoms with van der Waals surface area (Å²) in [6.45, 7) is 1.39. The summed E-state index contributed by atoms with van der Waals surface area (Å²) in [5.41, 5.74) is 1.79. The van der Waals surface area contributed by atoms with E-state index in [1.54, 1.807) is 31.3 Å². The highest BCUT2D eigenvalue weighted by molar-refractivity contribution is 7.91. The number of rotatable bonds is 2. The van der Waals surface area contributed by atoms with Crippen molar-refractivity contribution < 1.29 is 13.2 Å². The number of hydrogen-bond donors (Lipinski definition) is 2. The second-order valence-corrected chi connectivity index (χ2v) is 7.55. The van der Waals surface area contributed by atoms with Gasteiger partial charge in [0.2, 0.25) is 9.84 Å². The Kier molecular flexibility index (Phi) is 3.21. The highest BCUT2D eigenvalue weighted by atomic mass is 32.2. The van der Waals surface area contributed by atoms with Crippen molar-refractivity contribution in [2.45, 2.75) is 9.79 Å². The average Bonchev–Trinajstić information content (AvgIpc) is 3.13. The average molecular weight is 341 g/mol. The quantitative estimate of drug-likeness (QED) is 0.737. The molecule has 0 aliphatic carbocycles. The molecule has 24 heavy (non-hydrogen) atoms. The second-order valence-electron chi connectivity index (χ2n) is 5.66. The minimum atomic E-state index is -3.74. The summed E-state index contributed by atoms with van der Waals surface area (Å²) < 4.78 is 25.9. The van der Waals surface area contributed by atoms with Gasteiger partial charge < -0.3 is 10.6 Å². The number of aliphatic imine (C=N–C) groups is 1. The SMILES string of the molecule is CNc1ccc2c(c1)C(=O)c1ccc(C3=NCCN3)cc1S2(=O)=O. The van der Waals surface area contributed by atoms with Crippen LogP contribution in [0.4, 0.5) is 5.69 Å². The fourth-order valence-corrected chi connectivity index (χ4v) is 4.69. The standard InChI is InChI=1S/C17H15N3O3S/c1-18-11-3-5-14-13(9-11)16(21)12-4-2-10(17-19-6-7-20-17)8-15(12)24(14,22)23/h2-5,8-9,18H,6-7H2,1H3,(H,19,20). The smallest absolute Gasteiger partial charge is 0.208 e. The largest absolute Gasteiger partial charge is 0.388 e. The number of benzene rings is 2. The fourth-order valence-electron chi connectivity index (χ4n) is 3.03. The molecule has 2 aliphatic heterocycles. The Morgan fingerprint density at radius 1 is 1.08 bits per heavy atom. The van der Waals surface area contributed by atoms with Crippen molar-refractivity contribution in [3.8, 4) is 0 Å². The summed E-state index contributed by atoms with van der Waals surface area (Å²) in [6, 6.07) is 9.55. The van der Waals surface area contributed by atoms with Crippen LogP contribution in [-0.4, -0.2) is 40.2 Å². The van der Waals surface area contributed by atoms with Gasteiger partial charge in [0.25, 0.3) is 0 Å². The highest BCUT2D eigenvalue weighted by Crippen LogP contribution is 2.36. The van der Waals surface area contributed by atoms with Crippen LogP contribution in [0.2, 0.25) is 0 Å². The van der Waals surface area contributed by atoms with Crippen molar-refractivity contribution >= 4 is 27.1 Å². The molecule has 0 spiro atoms. The summed E-state index contributed by atoms with van der Waals surface area (Å²) in [6.07, 6.45) is 0. The predicted octanol–water partition coefficient (Wildman–Crippen LogP) is 1.46. The molecule has 0 saturated heterocycles. The first-order valence-electron chi connectivity index (χ1n) is 7.57. The van der Waals surface area contributed by atoms with Crippen molar-refractivity contribution in [2.75, 3.05) is 25.5 Å². The minimum Gasteiger partial charge on any atom is -0.388 e. The third-order valence-electron chi connectivity index (χ3n) is 4.27. The van der Waals surface area contributed by atoms with E-state index in [4.69, 9.17) is 0 Å². The van der Waals surface area contributed by atoms with Crippen LogP contribution in [-0.2, 0) is 9.84 Å². The summed E-state index contributed by atoms with van der Waals surface area (Å²) in [7, 11) is -2.02. The van der Waals surface area contributed by atoms with E-state index < -0.39 is 9.84 Å². The molecule has 0 saturated carbocycles. The molecule has 6 nitrogen and oxygen atoms in total. The van der Waals surface area contributed by atoms with E-state index in [2.05, 4.69) is 15.6 Å². The third kappa shape index (κ3) is 2.05. The van der Waals surface area contributed by atoms with Crippen molar-refractivity contribution in [1.82, 2.24) is 5.32 Å². The number of nitrogens with zero attached hydrogens (tertiary/aromatic N) is 1. The van der Waals surface area contributed by atoms with Crippen molar-refractivity contribution in [2.24, 2.45) is 4.99 Å². The molecular formula is C17H15N3O3S. The zero-order valence-electron chi connectivity index (χ0n) is 13.0. The number of nitrogens with one attached hydrogen (secondary N) is 2. The number of sulfone groups is 1.